The number of carbonyl (C=O) groups excluding carboxylic acids is 1. The normalized spacial score (nSPS) is 17.6. The van der Waals surface area contributed by atoms with E-state index in [1.165, 1.54) is 11.1 Å². The van der Waals surface area contributed by atoms with Gasteiger partial charge in [0.05, 0.1) is 5.60 Å². The number of piperidine rings is 1. The molecule has 134 valence electrons. The summed E-state index contributed by atoms with van der Waals surface area (Å²) in [5.41, 5.74) is 1.20. The van der Waals surface area contributed by atoms with Gasteiger partial charge in [-0.05, 0) is 46.1 Å². The highest BCUT2D eigenvalue weighted by Crippen LogP contribution is 2.23. The summed E-state index contributed by atoms with van der Waals surface area (Å²) in [6, 6.07) is 8.33. The maximum atomic E-state index is 12.1. The zero-order chi connectivity index (χ0) is 17.8. The van der Waals surface area contributed by atoms with Crippen LogP contribution in [-0.4, -0.2) is 46.9 Å². The number of nitrogens with one attached hydrogen (secondary N) is 1. The Bertz CT molecular complexity index is 558. The van der Waals surface area contributed by atoms with Crippen molar-refractivity contribution in [1.29, 1.82) is 0 Å². The van der Waals surface area contributed by atoms with Crippen LogP contribution < -0.4 is 5.32 Å². The SMILES string of the molecule is Cc1cccc(CNCC2(O)CCN(C(=O)OC(C)(C)C)CC2)c1. The Morgan fingerprint density at radius 3 is 2.58 bits per heavy atom. The van der Waals surface area contributed by atoms with E-state index >= 15 is 0 Å². The fraction of sp³-hybridized carbons (Fsp3) is 0.632. The largest absolute Gasteiger partial charge is 0.444 e. The molecule has 1 saturated heterocycles. The molecule has 1 fully saturated rings. The highest BCUT2D eigenvalue weighted by Gasteiger charge is 2.35. The van der Waals surface area contributed by atoms with Crippen LogP contribution in [0, 0.1) is 6.92 Å². The lowest BCUT2D eigenvalue weighted by Crippen LogP contribution is -2.51. The molecule has 0 aliphatic carbocycles. The minimum Gasteiger partial charge on any atom is -0.444 e. The van der Waals surface area contributed by atoms with Gasteiger partial charge >= 0.3 is 6.09 Å². The van der Waals surface area contributed by atoms with Gasteiger partial charge in [-0.1, -0.05) is 29.8 Å². The molecule has 2 rings (SSSR count). The first-order valence-electron chi connectivity index (χ1n) is 8.63. The molecular weight excluding hydrogens is 304 g/mol. The number of hydrogen-bond donors (Lipinski definition) is 2. The average molecular weight is 334 g/mol. The molecule has 24 heavy (non-hydrogen) atoms. The number of amides is 1. The maximum Gasteiger partial charge on any atom is 0.410 e. The number of ether oxygens (including phenoxy) is 1. The van der Waals surface area contributed by atoms with E-state index in [9.17, 15) is 9.90 Å². The van der Waals surface area contributed by atoms with Crippen LogP contribution in [0.25, 0.3) is 0 Å². The molecule has 5 nitrogen and oxygen atoms in total. The first-order valence-corrected chi connectivity index (χ1v) is 8.63. The number of nitrogens with zero attached hydrogens (tertiary/aromatic N) is 1. The fourth-order valence-corrected chi connectivity index (χ4v) is 2.87. The van der Waals surface area contributed by atoms with Gasteiger partial charge in [-0.3, -0.25) is 0 Å². The van der Waals surface area contributed by atoms with Crippen molar-refractivity contribution in [3.05, 3.63) is 35.4 Å². The second-order valence-corrected chi connectivity index (χ2v) is 7.78. The third kappa shape index (κ3) is 5.80. The lowest BCUT2D eigenvalue weighted by molar-refractivity contribution is -0.0310. The minimum atomic E-state index is -0.762. The third-order valence-electron chi connectivity index (χ3n) is 4.21. The second kappa shape index (κ2) is 7.53. The van der Waals surface area contributed by atoms with E-state index in [0.29, 0.717) is 32.5 Å². The summed E-state index contributed by atoms with van der Waals surface area (Å²) < 4.78 is 5.39. The Morgan fingerprint density at radius 2 is 2.00 bits per heavy atom. The number of aliphatic hydroxyl groups is 1. The van der Waals surface area contributed by atoms with Crippen LogP contribution in [0.1, 0.15) is 44.7 Å². The topological polar surface area (TPSA) is 61.8 Å². The Kier molecular flexibility index (Phi) is 5.88. The fourth-order valence-electron chi connectivity index (χ4n) is 2.87. The van der Waals surface area contributed by atoms with Crippen molar-refractivity contribution in [2.75, 3.05) is 19.6 Å². The summed E-state index contributed by atoms with van der Waals surface area (Å²) in [5, 5.41) is 14.0. The molecule has 1 heterocycles. The molecule has 1 aliphatic heterocycles. The van der Waals surface area contributed by atoms with E-state index in [2.05, 4.69) is 30.4 Å². The smallest absolute Gasteiger partial charge is 0.410 e. The van der Waals surface area contributed by atoms with Crippen molar-refractivity contribution >= 4 is 6.09 Å². The van der Waals surface area contributed by atoms with Gasteiger partial charge in [-0.25, -0.2) is 4.79 Å². The zero-order valence-electron chi connectivity index (χ0n) is 15.3. The second-order valence-electron chi connectivity index (χ2n) is 7.78. The van der Waals surface area contributed by atoms with Gasteiger partial charge in [0, 0.05) is 26.2 Å². The Hall–Kier alpha value is -1.59. The van der Waals surface area contributed by atoms with Crippen LogP contribution in [0.15, 0.2) is 24.3 Å². The predicted molar refractivity (Wildman–Crippen MR) is 94.9 cm³/mol. The van der Waals surface area contributed by atoms with Gasteiger partial charge < -0.3 is 20.1 Å². The summed E-state index contributed by atoms with van der Waals surface area (Å²) in [7, 11) is 0. The molecule has 0 unspecified atom stereocenters. The van der Waals surface area contributed by atoms with Crippen molar-refractivity contribution in [3.8, 4) is 0 Å². The molecule has 0 bridgehead atoms. The highest BCUT2D eigenvalue weighted by atomic mass is 16.6. The van der Waals surface area contributed by atoms with Gasteiger partial charge in [0.25, 0.3) is 0 Å². The monoisotopic (exact) mass is 334 g/mol. The number of rotatable bonds is 4. The molecule has 0 aromatic heterocycles. The van der Waals surface area contributed by atoms with Crippen LogP contribution in [0.2, 0.25) is 0 Å². The standard InChI is InChI=1S/C19H30N2O3/c1-15-6-5-7-16(12-15)13-20-14-19(23)8-10-21(11-9-19)17(22)24-18(2,3)4/h5-7,12,20,23H,8-11,13-14H2,1-4H3. The number of aryl methyl sites for hydroxylation is 1. The van der Waals surface area contributed by atoms with Crippen LogP contribution in [0.5, 0.6) is 0 Å². The van der Waals surface area contributed by atoms with Crippen LogP contribution >= 0.6 is 0 Å². The number of hydrogen-bond acceptors (Lipinski definition) is 4. The van der Waals surface area contributed by atoms with Crippen molar-refractivity contribution in [3.63, 3.8) is 0 Å². The number of likely N-dealkylation sites (tertiary alicyclic amines) is 1. The molecule has 0 atom stereocenters. The summed E-state index contributed by atoms with van der Waals surface area (Å²) in [4.78, 5) is 13.7. The van der Waals surface area contributed by atoms with Crippen molar-refractivity contribution in [2.45, 2.75) is 58.3 Å². The summed E-state index contributed by atoms with van der Waals surface area (Å²) in [6.07, 6.45) is 0.831. The van der Waals surface area contributed by atoms with E-state index < -0.39 is 11.2 Å². The molecule has 1 aromatic carbocycles. The number of benzene rings is 1. The van der Waals surface area contributed by atoms with E-state index in [0.717, 1.165) is 6.54 Å². The molecule has 5 heteroatoms. The van der Waals surface area contributed by atoms with Gasteiger partial charge in [0.1, 0.15) is 5.60 Å². The molecule has 0 radical (unpaired) electrons. The summed E-state index contributed by atoms with van der Waals surface area (Å²) in [6.45, 7) is 9.97. The molecular formula is C19H30N2O3. The van der Waals surface area contributed by atoms with Crippen LogP contribution in [0.4, 0.5) is 4.79 Å². The zero-order valence-corrected chi connectivity index (χ0v) is 15.3. The lowest BCUT2D eigenvalue weighted by Gasteiger charge is -2.38. The number of carbonyl (C=O) groups is 1. The Morgan fingerprint density at radius 1 is 1.33 bits per heavy atom. The Labute approximate surface area is 145 Å². The van der Waals surface area contributed by atoms with E-state index in [1.807, 2.05) is 26.8 Å². The van der Waals surface area contributed by atoms with E-state index in [4.69, 9.17) is 4.74 Å². The molecule has 1 amide bonds. The molecule has 1 aromatic rings. The molecule has 2 N–H and O–H groups in total. The van der Waals surface area contributed by atoms with Crippen LogP contribution in [-0.2, 0) is 11.3 Å². The molecule has 1 aliphatic rings. The summed E-state index contributed by atoms with van der Waals surface area (Å²) >= 11 is 0. The molecule has 0 spiro atoms. The highest BCUT2D eigenvalue weighted by molar-refractivity contribution is 5.68. The first-order chi connectivity index (χ1) is 11.2. The third-order valence-corrected chi connectivity index (χ3v) is 4.21. The van der Waals surface area contributed by atoms with Gasteiger partial charge in [-0.15, -0.1) is 0 Å². The maximum absolute atomic E-state index is 12.1. The van der Waals surface area contributed by atoms with Crippen molar-refractivity contribution < 1.29 is 14.6 Å². The Balaban J connectivity index is 1.76. The van der Waals surface area contributed by atoms with Gasteiger partial charge in [0.15, 0.2) is 0 Å². The van der Waals surface area contributed by atoms with Gasteiger partial charge in [-0.2, -0.15) is 0 Å². The average Bonchev–Trinajstić information content (AvgIpc) is 2.46. The van der Waals surface area contributed by atoms with Crippen molar-refractivity contribution in [2.24, 2.45) is 0 Å². The first kappa shape index (κ1) is 18.7. The van der Waals surface area contributed by atoms with Gasteiger partial charge in [0.2, 0.25) is 0 Å². The predicted octanol–water partition coefficient (Wildman–Crippen LogP) is 2.85. The minimum absolute atomic E-state index is 0.294. The lowest BCUT2D eigenvalue weighted by atomic mass is 9.91. The van der Waals surface area contributed by atoms with Crippen LogP contribution in [0.3, 0.4) is 0 Å². The summed E-state index contributed by atoms with van der Waals surface area (Å²) in [5.74, 6) is 0. The van der Waals surface area contributed by atoms with E-state index in [-0.39, 0.29) is 6.09 Å². The van der Waals surface area contributed by atoms with E-state index in [1.54, 1.807) is 4.90 Å². The molecule has 0 saturated carbocycles. The quantitative estimate of drug-likeness (QED) is 0.889. The van der Waals surface area contributed by atoms with Crippen molar-refractivity contribution in [1.82, 2.24) is 10.2 Å².